The van der Waals surface area contributed by atoms with E-state index in [9.17, 15) is 4.39 Å². The molecule has 1 N–H and O–H groups in total. The number of piperazine rings is 1. The molecule has 1 aromatic carbocycles. The Morgan fingerprint density at radius 1 is 1.25 bits per heavy atom. The van der Waals surface area contributed by atoms with Crippen LogP contribution in [-0.2, 0) is 6.54 Å². The zero-order valence-corrected chi connectivity index (χ0v) is 12.8. The highest BCUT2D eigenvalue weighted by Gasteiger charge is 2.12. The van der Waals surface area contributed by atoms with Crippen LogP contribution >= 0.6 is 11.6 Å². The SMILES string of the molecule is CN1CCN(CCCNCc2ccc(Cl)c(F)c2)CC1. The van der Waals surface area contributed by atoms with Crippen molar-refractivity contribution in [2.45, 2.75) is 13.0 Å². The number of nitrogens with zero attached hydrogens (tertiary/aromatic N) is 2. The summed E-state index contributed by atoms with van der Waals surface area (Å²) in [6, 6.07) is 4.97. The van der Waals surface area contributed by atoms with E-state index in [4.69, 9.17) is 11.6 Å². The third-order valence-corrected chi connectivity index (χ3v) is 4.04. The van der Waals surface area contributed by atoms with Gasteiger partial charge in [0.1, 0.15) is 5.82 Å². The van der Waals surface area contributed by atoms with E-state index >= 15 is 0 Å². The lowest BCUT2D eigenvalue weighted by Crippen LogP contribution is -2.45. The van der Waals surface area contributed by atoms with Gasteiger partial charge in [0.05, 0.1) is 5.02 Å². The van der Waals surface area contributed by atoms with Crippen molar-refractivity contribution in [2.75, 3.05) is 46.3 Å². The lowest BCUT2D eigenvalue weighted by atomic mass is 10.2. The normalized spacial score (nSPS) is 17.6. The average Bonchev–Trinajstić information content (AvgIpc) is 2.44. The molecule has 0 radical (unpaired) electrons. The maximum absolute atomic E-state index is 13.3. The number of likely N-dealkylation sites (N-methyl/N-ethyl adjacent to an activating group) is 1. The van der Waals surface area contributed by atoms with Crippen molar-refractivity contribution >= 4 is 11.6 Å². The average molecular weight is 300 g/mol. The highest BCUT2D eigenvalue weighted by Crippen LogP contribution is 2.15. The summed E-state index contributed by atoms with van der Waals surface area (Å²) in [5.74, 6) is -0.344. The molecule has 0 saturated carbocycles. The lowest BCUT2D eigenvalue weighted by molar-refractivity contribution is 0.153. The lowest BCUT2D eigenvalue weighted by Gasteiger charge is -2.32. The largest absolute Gasteiger partial charge is 0.313 e. The maximum Gasteiger partial charge on any atom is 0.142 e. The van der Waals surface area contributed by atoms with Gasteiger partial charge in [0.25, 0.3) is 0 Å². The standard InChI is InChI=1S/C15H23ClFN3/c1-19-7-9-20(10-8-19)6-2-5-18-12-13-3-4-14(16)15(17)11-13/h3-4,11,18H,2,5-10,12H2,1H3. The predicted molar refractivity (Wildman–Crippen MR) is 81.7 cm³/mol. The molecular weight excluding hydrogens is 277 g/mol. The van der Waals surface area contributed by atoms with E-state index in [1.165, 1.54) is 19.2 Å². The fraction of sp³-hybridized carbons (Fsp3) is 0.600. The molecule has 0 amide bonds. The van der Waals surface area contributed by atoms with Crippen molar-refractivity contribution in [3.8, 4) is 0 Å². The topological polar surface area (TPSA) is 18.5 Å². The highest BCUT2D eigenvalue weighted by molar-refractivity contribution is 6.30. The Morgan fingerprint density at radius 3 is 2.70 bits per heavy atom. The van der Waals surface area contributed by atoms with Crippen LogP contribution in [0.15, 0.2) is 18.2 Å². The van der Waals surface area contributed by atoms with Crippen molar-refractivity contribution in [1.29, 1.82) is 0 Å². The summed E-state index contributed by atoms with van der Waals surface area (Å²) in [5.41, 5.74) is 0.937. The molecular formula is C15H23ClFN3. The molecule has 2 rings (SSSR count). The second-order valence-corrected chi connectivity index (χ2v) is 5.83. The van der Waals surface area contributed by atoms with Crippen LogP contribution in [0.25, 0.3) is 0 Å². The van der Waals surface area contributed by atoms with Crippen molar-refractivity contribution in [3.05, 3.63) is 34.6 Å². The molecule has 3 nitrogen and oxygen atoms in total. The smallest absolute Gasteiger partial charge is 0.142 e. The number of rotatable bonds is 6. The van der Waals surface area contributed by atoms with Crippen LogP contribution < -0.4 is 5.32 Å². The van der Waals surface area contributed by atoms with Crippen LogP contribution in [0.5, 0.6) is 0 Å². The number of nitrogens with one attached hydrogen (secondary N) is 1. The Morgan fingerprint density at radius 2 is 2.00 bits per heavy atom. The van der Waals surface area contributed by atoms with E-state index in [1.54, 1.807) is 6.07 Å². The second kappa shape index (κ2) is 7.93. The fourth-order valence-corrected chi connectivity index (χ4v) is 2.50. The fourth-order valence-electron chi connectivity index (χ4n) is 2.38. The van der Waals surface area contributed by atoms with Gasteiger partial charge in [-0.1, -0.05) is 17.7 Å². The molecule has 0 spiro atoms. The molecule has 0 aliphatic carbocycles. The molecule has 1 aliphatic heterocycles. The third kappa shape index (κ3) is 5.02. The van der Waals surface area contributed by atoms with E-state index < -0.39 is 0 Å². The molecule has 5 heteroatoms. The first kappa shape index (κ1) is 15.7. The third-order valence-electron chi connectivity index (χ3n) is 3.74. The highest BCUT2D eigenvalue weighted by atomic mass is 35.5. The van der Waals surface area contributed by atoms with E-state index in [-0.39, 0.29) is 10.8 Å². The minimum atomic E-state index is -0.344. The molecule has 1 aliphatic rings. The Bertz CT molecular complexity index is 420. The van der Waals surface area contributed by atoms with Crippen LogP contribution in [0.4, 0.5) is 4.39 Å². The number of benzene rings is 1. The van der Waals surface area contributed by atoms with E-state index in [0.717, 1.165) is 38.2 Å². The Labute approximate surface area is 125 Å². The first-order chi connectivity index (χ1) is 9.65. The quantitative estimate of drug-likeness (QED) is 0.813. The van der Waals surface area contributed by atoms with Gasteiger partial charge in [0.2, 0.25) is 0 Å². The van der Waals surface area contributed by atoms with Crippen molar-refractivity contribution < 1.29 is 4.39 Å². The van der Waals surface area contributed by atoms with E-state index in [0.29, 0.717) is 6.54 Å². The summed E-state index contributed by atoms with van der Waals surface area (Å²) >= 11 is 5.66. The molecule has 1 fully saturated rings. The second-order valence-electron chi connectivity index (χ2n) is 5.42. The Kier molecular flexibility index (Phi) is 6.23. The minimum Gasteiger partial charge on any atom is -0.313 e. The molecule has 112 valence electrons. The Hall–Kier alpha value is -0.680. The zero-order valence-electron chi connectivity index (χ0n) is 12.0. The maximum atomic E-state index is 13.3. The van der Waals surface area contributed by atoms with Crippen molar-refractivity contribution in [1.82, 2.24) is 15.1 Å². The molecule has 0 atom stereocenters. The van der Waals surface area contributed by atoms with Crippen LogP contribution in [0, 0.1) is 5.82 Å². The van der Waals surface area contributed by atoms with Gasteiger partial charge >= 0.3 is 0 Å². The molecule has 1 heterocycles. The summed E-state index contributed by atoms with van der Waals surface area (Å²) in [5, 5.41) is 3.53. The minimum absolute atomic E-state index is 0.184. The van der Waals surface area contributed by atoms with Crippen LogP contribution in [0.2, 0.25) is 5.02 Å². The van der Waals surface area contributed by atoms with Crippen LogP contribution in [-0.4, -0.2) is 56.1 Å². The summed E-state index contributed by atoms with van der Waals surface area (Å²) in [4.78, 5) is 4.87. The molecule has 20 heavy (non-hydrogen) atoms. The molecule has 0 bridgehead atoms. The summed E-state index contributed by atoms with van der Waals surface area (Å²) in [6.07, 6.45) is 1.12. The van der Waals surface area contributed by atoms with Gasteiger partial charge in [-0.15, -0.1) is 0 Å². The van der Waals surface area contributed by atoms with Crippen molar-refractivity contribution in [3.63, 3.8) is 0 Å². The molecule has 1 saturated heterocycles. The number of hydrogen-bond acceptors (Lipinski definition) is 3. The van der Waals surface area contributed by atoms with Gasteiger partial charge < -0.3 is 15.1 Å². The first-order valence-electron chi connectivity index (χ1n) is 7.21. The molecule has 0 unspecified atom stereocenters. The van der Waals surface area contributed by atoms with Gasteiger partial charge in [-0.2, -0.15) is 0 Å². The molecule has 1 aromatic rings. The Balaban J connectivity index is 1.58. The van der Waals surface area contributed by atoms with E-state index in [2.05, 4.69) is 22.2 Å². The van der Waals surface area contributed by atoms with E-state index in [1.807, 2.05) is 6.07 Å². The van der Waals surface area contributed by atoms with Gasteiger partial charge in [-0.3, -0.25) is 0 Å². The van der Waals surface area contributed by atoms with Crippen LogP contribution in [0.3, 0.4) is 0 Å². The first-order valence-corrected chi connectivity index (χ1v) is 7.58. The number of halogens is 2. The monoisotopic (exact) mass is 299 g/mol. The summed E-state index contributed by atoms with van der Waals surface area (Å²) < 4.78 is 13.3. The zero-order chi connectivity index (χ0) is 14.4. The van der Waals surface area contributed by atoms with Crippen molar-refractivity contribution in [2.24, 2.45) is 0 Å². The van der Waals surface area contributed by atoms with Gasteiger partial charge in [-0.25, -0.2) is 4.39 Å². The van der Waals surface area contributed by atoms with Gasteiger partial charge in [0.15, 0.2) is 0 Å². The predicted octanol–water partition coefficient (Wildman–Crippen LogP) is 2.21. The van der Waals surface area contributed by atoms with Gasteiger partial charge in [0, 0.05) is 32.7 Å². The molecule has 0 aromatic heterocycles. The number of hydrogen-bond donors (Lipinski definition) is 1. The van der Waals surface area contributed by atoms with Crippen LogP contribution in [0.1, 0.15) is 12.0 Å². The summed E-state index contributed by atoms with van der Waals surface area (Å²) in [6.45, 7) is 7.44. The van der Waals surface area contributed by atoms with Gasteiger partial charge in [-0.05, 0) is 44.3 Å². The summed E-state index contributed by atoms with van der Waals surface area (Å²) in [7, 11) is 2.17.